The average Bonchev–Trinajstić information content (AvgIpc) is 3.38. The van der Waals surface area contributed by atoms with Crippen molar-refractivity contribution in [2.75, 3.05) is 14.2 Å². The van der Waals surface area contributed by atoms with Crippen LogP contribution in [0, 0.1) is 5.41 Å². The van der Waals surface area contributed by atoms with Gasteiger partial charge >= 0.3 is 17.9 Å². The first kappa shape index (κ1) is 23.5. The summed E-state index contributed by atoms with van der Waals surface area (Å²) in [6.45, 7) is 5.96. The molecule has 0 amide bonds. The van der Waals surface area contributed by atoms with E-state index in [1.54, 1.807) is 24.3 Å². The van der Waals surface area contributed by atoms with E-state index in [2.05, 4.69) is 4.98 Å². The lowest BCUT2D eigenvalue weighted by molar-refractivity contribution is -0.0509. The molecular formula is C23H28N2O7. The number of methoxy groups -OCH3 is 2. The van der Waals surface area contributed by atoms with Gasteiger partial charge in [-0.15, -0.1) is 0 Å². The van der Waals surface area contributed by atoms with Crippen LogP contribution >= 0.6 is 0 Å². The highest BCUT2D eigenvalue weighted by atomic mass is 16.6. The van der Waals surface area contributed by atoms with E-state index in [4.69, 9.17) is 18.9 Å². The SMILES string of the molecule is CCC1OC(n2cnc(C(=O)OC)c2C(=O)OC)C(OC(=O)c2ccccc2)C1(C)CC. The monoisotopic (exact) mass is 444 g/mol. The maximum absolute atomic E-state index is 12.9. The highest BCUT2D eigenvalue weighted by Crippen LogP contribution is 2.49. The van der Waals surface area contributed by atoms with Crippen LogP contribution in [0.4, 0.5) is 0 Å². The highest BCUT2D eigenvalue weighted by Gasteiger charge is 2.55. The van der Waals surface area contributed by atoms with Gasteiger partial charge in [0.2, 0.25) is 0 Å². The summed E-state index contributed by atoms with van der Waals surface area (Å²) in [6, 6.07) is 8.65. The molecule has 1 saturated heterocycles. The smallest absolute Gasteiger partial charge is 0.359 e. The minimum Gasteiger partial charge on any atom is -0.464 e. The maximum Gasteiger partial charge on any atom is 0.359 e. The third-order valence-corrected chi connectivity index (χ3v) is 6.15. The molecule has 0 aliphatic carbocycles. The third-order valence-electron chi connectivity index (χ3n) is 6.15. The van der Waals surface area contributed by atoms with Crippen molar-refractivity contribution in [3.8, 4) is 0 Å². The number of carbonyl (C=O) groups is 3. The van der Waals surface area contributed by atoms with Gasteiger partial charge < -0.3 is 18.9 Å². The molecule has 0 saturated carbocycles. The molecule has 32 heavy (non-hydrogen) atoms. The number of esters is 3. The van der Waals surface area contributed by atoms with Gasteiger partial charge in [-0.2, -0.15) is 0 Å². The van der Waals surface area contributed by atoms with Crippen LogP contribution in [0.2, 0.25) is 0 Å². The van der Waals surface area contributed by atoms with Crippen LogP contribution in [0.25, 0.3) is 0 Å². The molecule has 2 aromatic rings. The molecule has 172 valence electrons. The van der Waals surface area contributed by atoms with Gasteiger partial charge in [-0.05, 0) is 25.0 Å². The second-order valence-electron chi connectivity index (χ2n) is 7.81. The lowest BCUT2D eigenvalue weighted by atomic mass is 9.77. The molecule has 2 heterocycles. The molecule has 1 aliphatic heterocycles. The van der Waals surface area contributed by atoms with E-state index in [1.807, 2.05) is 26.8 Å². The zero-order valence-corrected chi connectivity index (χ0v) is 18.9. The fourth-order valence-electron chi connectivity index (χ4n) is 4.16. The van der Waals surface area contributed by atoms with Crippen molar-refractivity contribution in [1.29, 1.82) is 0 Å². The molecule has 0 bridgehead atoms. The van der Waals surface area contributed by atoms with Gasteiger partial charge in [0.05, 0.1) is 32.2 Å². The molecule has 0 radical (unpaired) electrons. The lowest BCUT2D eigenvalue weighted by Gasteiger charge is -2.33. The topological polar surface area (TPSA) is 106 Å². The Balaban J connectivity index is 2.09. The number of benzene rings is 1. The minimum atomic E-state index is -0.891. The number of ether oxygens (including phenoxy) is 4. The Morgan fingerprint density at radius 1 is 1.06 bits per heavy atom. The zero-order chi connectivity index (χ0) is 23.5. The summed E-state index contributed by atoms with van der Waals surface area (Å²) >= 11 is 0. The number of aromatic nitrogens is 2. The van der Waals surface area contributed by atoms with Crippen LogP contribution in [0.15, 0.2) is 36.7 Å². The standard InChI is InChI=1S/C23H28N2O7/c1-6-15-23(3,7-2)18(32-20(26)14-11-9-8-10-12-14)19(31-15)25-13-24-16(21(27)29-4)17(25)22(28)30-5/h8-13,15,18-19H,6-7H2,1-5H3. The van der Waals surface area contributed by atoms with Crippen LogP contribution in [-0.2, 0) is 18.9 Å². The summed E-state index contributed by atoms with van der Waals surface area (Å²) in [5, 5.41) is 0. The number of imidazole rings is 1. The van der Waals surface area contributed by atoms with E-state index in [0.717, 1.165) is 0 Å². The van der Waals surface area contributed by atoms with E-state index in [0.29, 0.717) is 18.4 Å². The van der Waals surface area contributed by atoms with E-state index in [1.165, 1.54) is 25.1 Å². The van der Waals surface area contributed by atoms with Gasteiger partial charge in [0.1, 0.15) is 0 Å². The molecule has 0 spiro atoms. The summed E-state index contributed by atoms with van der Waals surface area (Å²) in [6.07, 6.45) is 0.708. The van der Waals surface area contributed by atoms with Gasteiger partial charge in [0.15, 0.2) is 23.7 Å². The van der Waals surface area contributed by atoms with E-state index in [-0.39, 0.29) is 17.5 Å². The molecule has 1 aromatic carbocycles. The normalized spacial score (nSPS) is 24.7. The quantitative estimate of drug-likeness (QED) is 0.473. The second-order valence-corrected chi connectivity index (χ2v) is 7.81. The first-order valence-corrected chi connectivity index (χ1v) is 10.5. The largest absolute Gasteiger partial charge is 0.464 e. The first-order chi connectivity index (χ1) is 15.3. The third kappa shape index (κ3) is 4.00. The van der Waals surface area contributed by atoms with Crippen molar-refractivity contribution in [2.45, 2.75) is 52.0 Å². The Kier molecular flexibility index (Phi) is 6.98. The minimum absolute atomic E-state index is 0.125. The fourth-order valence-corrected chi connectivity index (χ4v) is 4.16. The van der Waals surface area contributed by atoms with Crippen molar-refractivity contribution < 1.29 is 33.3 Å². The van der Waals surface area contributed by atoms with Gasteiger partial charge in [0, 0.05) is 5.41 Å². The highest BCUT2D eigenvalue weighted by molar-refractivity contribution is 6.00. The molecule has 1 fully saturated rings. The van der Waals surface area contributed by atoms with Gasteiger partial charge in [-0.25, -0.2) is 19.4 Å². The first-order valence-electron chi connectivity index (χ1n) is 10.5. The molecule has 9 heteroatoms. The second kappa shape index (κ2) is 9.52. The number of nitrogens with zero attached hydrogens (tertiary/aromatic N) is 2. The summed E-state index contributed by atoms with van der Waals surface area (Å²) < 4.78 is 23.3. The Bertz CT molecular complexity index is 987. The van der Waals surface area contributed by atoms with Crippen LogP contribution in [0.3, 0.4) is 0 Å². The van der Waals surface area contributed by atoms with Crippen LogP contribution < -0.4 is 0 Å². The molecule has 9 nitrogen and oxygen atoms in total. The Labute approximate surface area is 186 Å². The molecule has 1 aromatic heterocycles. The number of hydrogen-bond donors (Lipinski definition) is 0. The molecule has 1 aliphatic rings. The maximum atomic E-state index is 12.9. The zero-order valence-electron chi connectivity index (χ0n) is 18.9. The fraction of sp³-hybridized carbons (Fsp3) is 0.478. The van der Waals surface area contributed by atoms with Crippen molar-refractivity contribution in [3.63, 3.8) is 0 Å². The lowest BCUT2D eigenvalue weighted by Crippen LogP contribution is -2.40. The molecule has 4 unspecified atom stereocenters. The van der Waals surface area contributed by atoms with Crippen molar-refractivity contribution in [2.24, 2.45) is 5.41 Å². The Morgan fingerprint density at radius 2 is 1.72 bits per heavy atom. The van der Waals surface area contributed by atoms with E-state index < -0.39 is 35.7 Å². The van der Waals surface area contributed by atoms with Crippen LogP contribution in [0.1, 0.15) is 71.2 Å². The van der Waals surface area contributed by atoms with Gasteiger partial charge in [-0.1, -0.05) is 39.0 Å². The summed E-state index contributed by atoms with van der Waals surface area (Å²) in [5.41, 5.74) is -0.472. The van der Waals surface area contributed by atoms with Crippen molar-refractivity contribution in [1.82, 2.24) is 9.55 Å². The Morgan fingerprint density at radius 3 is 2.28 bits per heavy atom. The average molecular weight is 444 g/mol. The predicted octanol–water partition coefficient (Wildman–Crippen LogP) is 3.41. The summed E-state index contributed by atoms with van der Waals surface area (Å²) in [5.74, 6) is -2.07. The van der Waals surface area contributed by atoms with Crippen LogP contribution in [-0.4, -0.2) is 53.9 Å². The number of carbonyl (C=O) groups excluding carboxylic acids is 3. The summed E-state index contributed by atoms with van der Waals surface area (Å²) in [4.78, 5) is 41.8. The predicted molar refractivity (Wildman–Crippen MR) is 113 cm³/mol. The summed E-state index contributed by atoms with van der Waals surface area (Å²) in [7, 11) is 2.40. The van der Waals surface area contributed by atoms with E-state index >= 15 is 0 Å². The number of hydrogen-bond acceptors (Lipinski definition) is 8. The molecule has 4 atom stereocenters. The molecular weight excluding hydrogens is 416 g/mol. The number of rotatable bonds is 7. The van der Waals surface area contributed by atoms with Gasteiger partial charge in [0.25, 0.3) is 0 Å². The van der Waals surface area contributed by atoms with Crippen LogP contribution in [0.5, 0.6) is 0 Å². The van der Waals surface area contributed by atoms with Crippen molar-refractivity contribution >= 4 is 17.9 Å². The molecule has 3 rings (SSSR count). The Hall–Kier alpha value is -3.20. The van der Waals surface area contributed by atoms with Crippen molar-refractivity contribution in [3.05, 3.63) is 53.6 Å². The van der Waals surface area contributed by atoms with E-state index in [9.17, 15) is 14.4 Å². The van der Waals surface area contributed by atoms with Gasteiger partial charge in [-0.3, -0.25) is 4.57 Å². The molecule has 0 N–H and O–H groups in total.